The number of benzene rings is 1. The van der Waals surface area contributed by atoms with Crippen LogP contribution in [0.1, 0.15) is 74.0 Å². The van der Waals surface area contributed by atoms with E-state index in [1.165, 1.54) is 11.9 Å². The Kier molecular flexibility index (Phi) is 32.8. The number of ether oxygens (including phenoxy) is 4. The number of nitrogen functional groups attached to an aromatic ring is 1. The molecule has 1 aromatic carbocycles. The number of anilines is 1. The van der Waals surface area contributed by atoms with Crippen molar-refractivity contribution >= 4 is 76.8 Å². The Labute approximate surface area is 429 Å². The Morgan fingerprint density at radius 1 is 0.608 bits per heavy atom. The van der Waals surface area contributed by atoms with Gasteiger partial charge in [-0.15, -0.1) is 5.10 Å². The Morgan fingerprint density at radius 2 is 1.16 bits per heavy atom. The monoisotopic (exact) mass is 1070 g/mol. The van der Waals surface area contributed by atoms with Crippen LogP contribution in [0.25, 0.3) is 0 Å². The third kappa shape index (κ3) is 31.4. The third-order valence-corrected chi connectivity index (χ3v) is 10.7. The van der Waals surface area contributed by atoms with E-state index in [0.29, 0.717) is 55.2 Å². The molecule has 0 saturated carbocycles. The van der Waals surface area contributed by atoms with Gasteiger partial charge in [0.25, 0.3) is 5.91 Å². The second kappa shape index (κ2) is 38.5. The molecule has 3 unspecified atom stereocenters. The number of nitrogens with one attached hydrogen (secondary N) is 9. The molecule has 0 bridgehead atoms. The lowest BCUT2D eigenvalue weighted by molar-refractivity contribution is -0.144. The van der Waals surface area contributed by atoms with Crippen molar-refractivity contribution in [1.82, 2.24) is 62.6 Å². The summed E-state index contributed by atoms with van der Waals surface area (Å²) in [6.45, 7) is 0.425. The molecule has 8 amide bonds. The number of amides is 8. The predicted molar refractivity (Wildman–Crippen MR) is 261 cm³/mol. The van der Waals surface area contributed by atoms with Crippen LogP contribution in [0.5, 0.6) is 0 Å². The highest BCUT2D eigenvalue weighted by molar-refractivity contribution is 7.97. The van der Waals surface area contributed by atoms with Gasteiger partial charge in [-0.3, -0.25) is 43.1 Å². The van der Waals surface area contributed by atoms with Gasteiger partial charge in [0, 0.05) is 55.9 Å². The summed E-state index contributed by atoms with van der Waals surface area (Å²) in [5.74, 6) is -5.98. The number of aliphatic carboxylic acids is 2. The first-order chi connectivity index (χ1) is 35.5. The van der Waals surface area contributed by atoms with Gasteiger partial charge < -0.3 is 77.8 Å². The summed E-state index contributed by atoms with van der Waals surface area (Å²) in [7, 11) is 0. The highest BCUT2D eigenvalue weighted by Gasteiger charge is 2.25. The van der Waals surface area contributed by atoms with E-state index in [9.17, 15) is 58.2 Å². The number of carbonyl (C=O) groups is 10. The van der Waals surface area contributed by atoms with Crippen LogP contribution in [0.2, 0.25) is 0 Å². The highest BCUT2D eigenvalue weighted by Crippen LogP contribution is 2.07. The summed E-state index contributed by atoms with van der Waals surface area (Å²) in [6.07, 6.45) is 0.635. The molecule has 0 radical (unpaired) electrons. The number of H-pyrrole nitrogens is 1. The van der Waals surface area contributed by atoms with Crippen LogP contribution in [0.3, 0.4) is 0 Å². The second-order valence-corrected chi connectivity index (χ2v) is 16.7. The van der Waals surface area contributed by atoms with Gasteiger partial charge >= 0.3 is 11.9 Å². The number of carboxylic acid groups (broad SMARTS) is 2. The van der Waals surface area contributed by atoms with Gasteiger partial charge in [-0.2, -0.15) is 0 Å². The molecule has 0 aliphatic heterocycles. The van der Waals surface area contributed by atoms with Crippen molar-refractivity contribution < 1.29 is 77.1 Å². The molecule has 0 aliphatic carbocycles. The fourth-order valence-corrected chi connectivity index (χ4v) is 6.62. The second-order valence-electron chi connectivity index (χ2n) is 15.8. The zero-order valence-corrected chi connectivity index (χ0v) is 41.6. The number of unbranched alkanes of at least 4 members (excludes halogenated alkanes) is 1. The SMILES string of the molecule is NC(=O)C(CCCCNC(=O)c1ccc(N)cc1)NC(=O)COCCOCCNC(=O)CCC(NC(=O)CCC(NC(=O)COCCOCCNC(=O)CCCSNC(=O)CNCc1nnn[nH]1)C(=O)O)C(=O)O. The molecular weight excluding hydrogens is 1000 g/mol. The normalized spacial score (nSPS) is 12.1. The lowest BCUT2D eigenvalue weighted by atomic mass is 10.1. The van der Waals surface area contributed by atoms with Gasteiger partial charge in [0.15, 0.2) is 5.82 Å². The maximum absolute atomic E-state index is 12.5. The van der Waals surface area contributed by atoms with Gasteiger partial charge in [-0.25, -0.2) is 14.7 Å². The van der Waals surface area contributed by atoms with E-state index in [2.05, 4.69) is 62.6 Å². The van der Waals surface area contributed by atoms with Crippen LogP contribution >= 0.6 is 11.9 Å². The Hall–Kier alpha value is -7.06. The van der Waals surface area contributed by atoms with Crippen molar-refractivity contribution in [2.45, 2.75) is 82.5 Å². The van der Waals surface area contributed by atoms with Crippen molar-refractivity contribution in [3.05, 3.63) is 35.7 Å². The maximum Gasteiger partial charge on any atom is 0.326 e. The van der Waals surface area contributed by atoms with E-state index in [4.69, 9.17) is 30.4 Å². The van der Waals surface area contributed by atoms with E-state index in [0.717, 1.165) is 0 Å². The van der Waals surface area contributed by atoms with Crippen LogP contribution in [-0.2, 0) is 68.6 Å². The first-order valence-corrected chi connectivity index (χ1v) is 24.5. The fourth-order valence-electron chi connectivity index (χ4n) is 5.99. The van der Waals surface area contributed by atoms with Crippen LogP contribution < -0.4 is 53.4 Å². The molecule has 74 heavy (non-hydrogen) atoms. The average molecular weight is 1070 g/mol. The van der Waals surface area contributed by atoms with E-state index < -0.39 is 72.6 Å². The molecule has 1 heterocycles. The van der Waals surface area contributed by atoms with Gasteiger partial charge in [0.1, 0.15) is 31.3 Å². The molecule has 0 saturated heterocycles. The minimum atomic E-state index is -1.49. The zero-order valence-electron chi connectivity index (χ0n) is 40.8. The van der Waals surface area contributed by atoms with Crippen molar-refractivity contribution in [3.63, 3.8) is 0 Å². The van der Waals surface area contributed by atoms with Gasteiger partial charge in [-0.1, -0.05) is 11.9 Å². The summed E-state index contributed by atoms with van der Waals surface area (Å²) in [6, 6.07) is 2.55. The number of carbonyl (C=O) groups excluding carboxylic acids is 8. The third-order valence-electron chi connectivity index (χ3n) is 9.79. The van der Waals surface area contributed by atoms with E-state index >= 15 is 0 Å². The van der Waals surface area contributed by atoms with Crippen LogP contribution in [0.15, 0.2) is 24.3 Å². The van der Waals surface area contributed by atoms with Gasteiger partial charge in [-0.05, 0) is 73.2 Å². The minimum Gasteiger partial charge on any atom is -0.480 e. The lowest BCUT2D eigenvalue weighted by Crippen LogP contribution is -2.45. The predicted octanol–water partition coefficient (Wildman–Crippen LogP) is -4.02. The number of tetrazole rings is 1. The van der Waals surface area contributed by atoms with Crippen LogP contribution in [-0.4, -0.2) is 193 Å². The molecular formula is C43H68N14O16S. The Bertz CT molecular complexity index is 2060. The number of rotatable bonds is 43. The number of aromatic amines is 1. The largest absolute Gasteiger partial charge is 0.480 e. The molecule has 0 spiro atoms. The Balaban J connectivity index is 1.47. The van der Waals surface area contributed by atoms with E-state index in [-0.39, 0.29) is 116 Å². The number of nitrogens with two attached hydrogens (primary N) is 2. The molecule has 0 fully saturated rings. The summed E-state index contributed by atoms with van der Waals surface area (Å²) in [5, 5.41) is 50.1. The topological polar surface area (TPSA) is 451 Å². The molecule has 2 aromatic rings. The number of carboxylic acids is 2. The van der Waals surface area contributed by atoms with Crippen molar-refractivity contribution in [1.29, 1.82) is 0 Å². The number of nitrogens with zero attached hydrogens (tertiary/aromatic N) is 3. The molecule has 31 heteroatoms. The van der Waals surface area contributed by atoms with E-state index in [1.807, 2.05) is 0 Å². The molecule has 3 atom stereocenters. The van der Waals surface area contributed by atoms with Crippen LogP contribution in [0, 0.1) is 0 Å². The van der Waals surface area contributed by atoms with Crippen LogP contribution in [0.4, 0.5) is 5.69 Å². The molecule has 30 nitrogen and oxygen atoms in total. The van der Waals surface area contributed by atoms with E-state index in [1.54, 1.807) is 24.3 Å². The summed E-state index contributed by atoms with van der Waals surface area (Å²) in [4.78, 5) is 121. The highest BCUT2D eigenvalue weighted by atomic mass is 32.2. The molecule has 1 aromatic heterocycles. The lowest BCUT2D eigenvalue weighted by Gasteiger charge is -2.17. The van der Waals surface area contributed by atoms with Crippen molar-refractivity contribution in [2.75, 3.05) is 90.5 Å². The summed E-state index contributed by atoms with van der Waals surface area (Å²) in [5.41, 5.74) is 12.0. The first-order valence-electron chi connectivity index (χ1n) is 23.5. The number of aromatic nitrogens is 4. The maximum atomic E-state index is 12.5. The smallest absolute Gasteiger partial charge is 0.326 e. The quantitative estimate of drug-likeness (QED) is 0.0171. The Morgan fingerprint density at radius 3 is 1.73 bits per heavy atom. The molecule has 2 rings (SSSR count). The number of hydrogen-bond donors (Lipinski definition) is 13. The van der Waals surface area contributed by atoms with Crippen molar-refractivity contribution in [2.24, 2.45) is 5.73 Å². The number of primary amides is 1. The standard InChI is InChI=1S/C43H68N14O16S/c44-29-8-6-28(7-9-29)41(65)49-14-2-1-4-30(40(45)64)50-38(62)26-72-21-19-71-18-16-48-35(59)12-10-31(42(66)67)51-36(60)13-11-32(43(68)69)52-39(63)27-73-22-20-70-17-15-47-34(58)5-3-23-74-55-37(61)25-46-24-33-53-56-57-54-33/h6-9,30-32,46H,1-5,10-27,44H2,(H2,45,64)(H,47,58)(H,48,59)(H,49,65)(H,50,62)(H,51,60)(H,52,63)(H,55,61)(H,66,67)(H,68,69)(H,53,54,56,57). The molecule has 0 aliphatic rings. The summed E-state index contributed by atoms with van der Waals surface area (Å²) < 4.78 is 23.8. The number of hydrogen-bond acceptors (Lipinski definition) is 20. The van der Waals surface area contributed by atoms with Gasteiger partial charge in [0.2, 0.25) is 41.4 Å². The van der Waals surface area contributed by atoms with Gasteiger partial charge in [0.05, 0.1) is 52.7 Å². The fraction of sp³-hybridized carbons (Fsp3) is 0.605. The summed E-state index contributed by atoms with van der Waals surface area (Å²) >= 11 is 1.18. The molecule has 412 valence electrons. The minimum absolute atomic E-state index is 0.00700. The van der Waals surface area contributed by atoms with Crippen molar-refractivity contribution in [3.8, 4) is 0 Å². The zero-order chi connectivity index (χ0) is 54.4. The average Bonchev–Trinajstić information content (AvgIpc) is 3.88. The first kappa shape index (κ1) is 63.1. The molecule has 15 N–H and O–H groups in total.